The summed E-state index contributed by atoms with van der Waals surface area (Å²) in [5.74, 6) is 0.869. The second-order valence-electron chi connectivity index (χ2n) is 8.53. The number of hydrogen-bond donors (Lipinski definition) is 2. The SMILES string of the molecule is C#Cc1ccc(NC(=O)[C@H](Cc2ccccc2)N2C(=O)N[C@H](c3ccc(OCCOC)cc3)C2=O)c(F)c1. The Bertz CT molecular complexity index is 1350. The number of ether oxygens (including phenoxy) is 2. The van der Waals surface area contributed by atoms with Gasteiger partial charge in [-0.05, 0) is 41.5 Å². The van der Waals surface area contributed by atoms with Crippen LogP contribution < -0.4 is 15.4 Å². The fraction of sp³-hybridized carbons (Fsp3) is 0.207. The number of halogens is 1. The van der Waals surface area contributed by atoms with E-state index in [0.29, 0.717) is 30.1 Å². The van der Waals surface area contributed by atoms with Crippen LogP contribution in [0.2, 0.25) is 0 Å². The van der Waals surface area contributed by atoms with Crippen LogP contribution in [0.25, 0.3) is 0 Å². The molecule has 4 rings (SSSR count). The second kappa shape index (κ2) is 12.0. The molecule has 9 heteroatoms. The molecule has 38 heavy (non-hydrogen) atoms. The molecule has 194 valence electrons. The largest absolute Gasteiger partial charge is 0.491 e. The quantitative estimate of drug-likeness (QED) is 0.244. The summed E-state index contributed by atoms with van der Waals surface area (Å²) in [5, 5.41) is 5.16. The number of anilines is 1. The van der Waals surface area contributed by atoms with Crippen molar-refractivity contribution >= 4 is 23.5 Å². The van der Waals surface area contributed by atoms with Crippen LogP contribution in [0.15, 0.2) is 72.8 Å². The first-order valence-corrected chi connectivity index (χ1v) is 11.9. The molecule has 1 heterocycles. The van der Waals surface area contributed by atoms with Gasteiger partial charge in [0.25, 0.3) is 5.91 Å². The standard InChI is InChI=1S/C29H26FN3O5/c1-3-19-9-14-24(23(30)17-19)31-27(34)25(18-20-7-5-4-6-8-20)33-28(35)26(32-29(33)36)21-10-12-22(13-11-21)38-16-15-37-2/h1,4-14,17,25-26H,15-16,18H2,2H3,(H,31,34)(H,32,36)/t25-,26+/m0/s1. The summed E-state index contributed by atoms with van der Waals surface area (Å²) in [6, 6.07) is 16.6. The maximum atomic E-state index is 14.5. The van der Waals surface area contributed by atoms with Gasteiger partial charge in [0.1, 0.15) is 30.3 Å². The average Bonchev–Trinajstić information content (AvgIpc) is 3.22. The third-order valence-corrected chi connectivity index (χ3v) is 6.02. The van der Waals surface area contributed by atoms with Crippen LogP contribution in [0.4, 0.5) is 14.9 Å². The van der Waals surface area contributed by atoms with Crippen molar-refractivity contribution in [3.63, 3.8) is 0 Å². The van der Waals surface area contributed by atoms with Crippen LogP contribution in [-0.4, -0.2) is 49.1 Å². The summed E-state index contributed by atoms with van der Waals surface area (Å²) >= 11 is 0. The zero-order valence-corrected chi connectivity index (χ0v) is 20.6. The molecule has 0 aromatic heterocycles. The van der Waals surface area contributed by atoms with E-state index in [1.807, 2.05) is 6.07 Å². The van der Waals surface area contributed by atoms with Crippen LogP contribution in [0.3, 0.4) is 0 Å². The van der Waals surface area contributed by atoms with E-state index in [0.717, 1.165) is 16.5 Å². The predicted octanol–water partition coefficient (Wildman–Crippen LogP) is 3.68. The highest BCUT2D eigenvalue weighted by Gasteiger charge is 2.45. The van der Waals surface area contributed by atoms with E-state index in [4.69, 9.17) is 15.9 Å². The van der Waals surface area contributed by atoms with Gasteiger partial charge < -0.3 is 20.1 Å². The Labute approximate surface area is 219 Å². The molecule has 1 fully saturated rings. The Kier molecular flexibility index (Phi) is 8.36. The molecule has 8 nitrogen and oxygen atoms in total. The van der Waals surface area contributed by atoms with E-state index in [1.54, 1.807) is 55.6 Å². The summed E-state index contributed by atoms with van der Waals surface area (Å²) in [6.07, 6.45) is 5.35. The number of carbonyl (C=O) groups excluding carboxylic acids is 3. The Hall–Kier alpha value is -4.68. The highest BCUT2D eigenvalue weighted by molar-refractivity contribution is 6.09. The lowest BCUT2D eigenvalue weighted by Crippen LogP contribution is -2.49. The number of rotatable bonds is 10. The molecule has 1 aliphatic heterocycles. The molecule has 3 aromatic carbocycles. The summed E-state index contributed by atoms with van der Waals surface area (Å²) in [6.45, 7) is 0.793. The third kappa shape index (κ3) is 5.99. The molecular weight excluding hydrogens is 489 g/mol. The summed E-state index contributed by atoms with van der Waals surface area (Å²) < 4.78 is 25.1. The molecule has 4 amide bonds. The number of methoxy groups -OCH3 is 1. The minimum Gasteiger partial charge on any atom is -0.491 e. The number of benzene rings is 3. The number of urea groups is 1. The van der Waals surface area contributed by atoms with Gasteiger partial charge in [0.15, 0.2) is 0 Å². The van der Waals surface area contributed by atoms with Gasteiger partial charge in [0.2, 0.25) is 5.91 Å². The normalized spacial score (nSPS) is 15.5. The number of nitrogens with one attached hydrogen (secondary N) is 2. The summed E-state index contributed by atoms with van der Waals surface area (Å²) in [7, 11) is 1.57. The lowest BCUT2D eigenvalue weighted by Gasteiger charge is -2.25. The van der Waals surface area contributed by atoms with Crippen molar-refractivity contribution in [1.29, 1.82) is 0 Å². The molecule has 0 saturated carbocycles. The number of terminal acetylenes is 1. The first kappa shape index (κ1) is 26.4. The minimum absolute atomic E-state index is 0.0366. The summed E-state index contributed by atoms with van der Waals surface area (Å²) in [4.78, 5) is 40.8. The van der Waals surface area contributed by atoms with Crippen molar-refractivity contribution in [1.82, 2.24) is 10.2 Å². The highest BCUT2D eigenvalue weighted by atomic mass is 19.1. The summed E-state index contributed by atoms with van der Waals surface area (Å²) in [5.41, 5.74) is 1.45. The van der Waals surface area contributed by atoms with Gasteiger partial charge in [-0.15, -0.1) is 6.42 Å². The maximum absolute atomic E-state index is 14.5. The van der Waals surface area contributed by atoms with Crippen molar-refractivity contribution in [2.75, 3.05) is 25.6 Å². The van der Waals surface area contributed by atoms with Gasteiger partial charge in [0.05, 0.1) is 12.3 Å². The molecule has 0 bridgehead atoms. The van der Waals surface area contributed by atoms with Crippen molar-refractivity contribution in [2.24, 2.45) is 0 Å². The molecule has 2 N–H and O–H groups in total. The number of nitrogens with zero attached hydrogens (tertiary/aromatic N) is 1. The lowest BCUT2D eigenvalue weighted by molar-refractivity contribution is -0.134. The van der Waals surface area contributed by atoms with Crippen LogP contribution in [-0.2, 0) is 20.7 Å². The lowest BCUT2D eigenvalue weighted by atomic mass is 10.0. The van der Waals surface area contributed by atoms with Crippen LogP contribution >= 0.6 is 0 Å². The van der Waals surface area contributed by atoms with Gasteiger partial charge in [-0.2, -0.15) is 0 Å². The van der Waals surface area contributed by atoms with Gasteiger partial charge in [0, 0.05) is 19.1 Å². The van der Waals surface area contributed by atoms with Crippen molar-refractivity contribution < 1.29 is 28.2 Å². The molecule has 0 radical (unpaired) electrons. The smallest absolute Gasteiger partial charge is 0.325 e. The van der Waals surface area contributed by atoms with E-state index in [2.05, 4.69) is 16.6 Å². The van der Waals surface area contributed by atoms with Gasteiger partial charge >= 0.3 is 6.03 Å². The number of carbonyl (C=O) groups is 3. The molecule has 3 aromatic rings. The molecule has 0 unspecified atom stereocenters. The van der Waals surface area contributed by atoms with Gasteiger partial charge in [-0.1, -0.05) is 48.4 Å². The highest BCUT2D eigenvalue weighted by Crippen LogP contribution is 2.27. The van der Waals surface area contributed by atoms with E-state index < -0.39 is 35.7 Å². The first-order valence-electron chi connectivity index (χ1n) is 11.9. The molecular formula is C29H26FN3O5. The third-order valence-electron chi connectivity index (χ3n) is 6.02. The Morgan fingerprint density at radius 3 is 2.50 bits per heavy atom. The fourth-order valence-corrected chi connectivity index (χ4v) is 4.08. The molecule has 1 aliphatic rings. The number of amides is 4. The first-order chi connectivity index (χ1) is 18.4. The van der Waals surface area contributed by atoms with Crippen LogP contribution in [0.1, 0.15) is 22.7 Å². The Morgan fingerprint density at radius 1 is 1.11 bits per heavy atom. The number of imide groups is 1. The van der Waals surface area contributed by atoms with Crippen molar-refractivity contribution in [3.05, 3.63) is 95.3 Å². The van der Waals surface area contributed by atoms with E-state index in [9.17, 15) is 18.8 Å². The Balaban J connectivity index is 1.57. The van der Waals surface area contributed by atoms with Crippen LogP contribution in [0.5, 0.6) is 5.75 Å². The van der Waals surface area contributed by atoms with E-state index >= 15 is 0 Å². The number of hydrogen-bond acceptors (Lipinski definition) is 5. The van der Waals surface area contributed by atoms with Crippen molar-refractivity contribution in [3.8, 4) is 18.1 Å². The van der Waals surface area contributed by atoms with Crippen molar-refractivity contribution in [2.45, 2.75) is 18.5 Å². The maximum Gasteiger partial charge on any atom is 0.325 e. The topological polar surface area (TPSA) is 97.0 Å². The molecule has 2 atom stereocenters. The predicted molar refractivity (Wildman–Crippen MR) is 139 cm³/mol. The van der Waals surface area contributed by atoms with Crippen LogP contribution in [0, 0.1) is 18.2 Å². The molecule has 0 aliphatic carbocycles. The van der Waals surface area contributed by atoms with Gasteiger partial charge in [-0.25, -0.2) is 14.1 Å². The fourth-order valence-electron chi connectivity index (χ4n) is 4.08. The monoisotopic (exact) mass is 515 g/mol. The average molecular weight is 516 g/mol. The zero-order valence-electron chi connectivity index (χ0n) is 20.6. The van der Waals surface area contributed by atoms with E-state index in [-0.39, 0.29) is 12.1 Å². The Morgan fingerprint density at radius 2 is 1.84 bits per heavy atom. The molecule has 0 spiro atoms. The van der Waals surface area contributed by atoms with Gasteiger partial charge in [-0.3, -0.25) is 9.59 Å². The van der Waals surface area contributed by atoms with E-state index in [1.165, 1.54) is 12.1 Å². The zero-order chi connectivity index (χ0) is 27.1. The minimum atomic E-state index is -1.24. The molecule has 1 saturated heterocycles. The second-order valence-corrected chi connectivity index (χ2v) is 8.53.